The maximum Gasteiger partial charge on any atom is 0.330 e. The molecule has 2 aliphatic heterocycles. The molecule has 0 N–H and O–H groups in total. The van der Waals surface area contributed by atoms with Gasteiger partial charge in [0, 0.05) is 22.9 Å². The van der Waals surface area contributed by atoms with Crippen LogP contribution in [0.15, 0.2) is 42.5 Å². The van der Waals surface area contributed by atoms with E-state index in [1.54, 1.807) is 53.1 Å². The van der Waals surface area contributed by atoms with E-state index >= 15 is 0 Å². The number of fused-ring (bicyclic) bond motifs is 1. The Morgan fingerprint density at radius 2 is 1.97 bits per heavy atom. The van der Waals surface area contributed by atoms with E-state index in [1.165, 1.54) is 13.2 Å². The molecular weight excluding hydrogens is 406 g/mol. The lowest BCUT2D eigenvalue weighted by atomic mass is 9.85. The van der Waals surface area contributed by atoms with E-state index in [1.807, 2.05) is 6.92 Å². The summed E-state index contributed by atoms with van der Waals surface area (Å²) in [4.78, 5) is 50.6. The molecule has 0 aliphatic carbocycles. The van der Waals surface area contributed by atoms with Crippen LogP contribution in [0.4, 0.5) is 0 Å². The zero-order chi connectivity index (χ0) is 21.7. The quantitative estimate of drug-likeness (QED) is 0.256. The van der Waals surface area contributed by atoms with Crippen LogP contribution in [0.1, 0.15) is 30.1 Å². The third-order valence-corrected chi connectivity index (χ3v) is 6.64. The molecule has 0 bridgehead atoms. The van der Waals surface area contributed by atoms with Crippen LogP contribution in [0.2, 0.25) is 0 Å². The standard InChI is InChI=1S/C22H25NO6S/c1-3-30-18-12-16-15(10-7-11-19(25)28-2)21(26)23(16)20(18)22(27)29-13-17(24)14-8-5-4-6-9-14/h4-9,11,15-16,18,20H,3,10,12-13H2,1-2H3/b11-7+/t15?,16?,18-,20-/m0/s1. The molecule has 7 nitrogen and oxygen atoms in total. The first kappa shape index (κ1) is 22.1. The minimum atomic E-state index is -0.683. The van der Waals surface area contributed by atoms with Crippen LogP contribution in [0.5, 0.6) is 0 Å². The van der Waals surface area contributed by atoms with E-state index in [4.69, 9.17) is 4.74 Å². The lowest BCUT2D eigenvalue weighted by molar-refractivity contribution is -0.165. The van der Waals surface area contributed by atoms with Gasteiger partial charge in [0.25, 0.3) is 0 Å². The van der Waals surface area contributed by atoms with Gasteiger partial charge >= 0.3 is 11.9 Å². The summed E-state index contributed by atoms with van der Waals surface area (Å²) in [5, 5.41) is -0.0714. The number of esters is 2. The lowest BCUT2D eigenvalue weighted by Crippen LogP contribution is -2.62. The molecule has 2 fully saturated rings. The van der Waals surface area contributed by atoms with Crippen LogP contribution in [0, 0.1) is 5.92 Å². The molecule has 2 saturated heterocycles. The van der Waals surface area contributed by atoms with Crippen LogP contribution >= 0.6 is 11.8 Å². The highest BCUT2D eigenvalue weighted by atomic mass is 32.2. The van der Waals surface area contributed by atoms with Crippen molar-refractivity contribution < 1.29 is 28.7 Å². The Hall–Kier alpha value is -2.61. The lowest BCUT2D eigenvalue weighted by Gasteiger charge is -2.44. The van der Waals surface area contributed by atoms with E-state index in [0.29, 0.717) is 18.4 Å². The summed E-state index contributed by atoms with van der Waals surface area (Å²) in [6, 6.07) is 7.89. The SMILES string of the molecule is CCS[C@H]1CC2C(C/C=C/C(=O)OC)C(=O)N2[C@@H]1C(=O)OCC(=O)c1ccccc1. The van der Waals surface area contributed by atoms with Gasteiger partial charge in [-0.25, -0.2) is 9.59 Å². The highest BCUT2D eigenvalue weighted by Crippen LogP contribution is 2.45. The number of hydrogen-bond acceptors (Lipinski definition) is 7. The fraction of sp³-hybridized carbons (Fsp3) is 0.455. The van der Waals surface area contributed by atoms with Crippen molar-refractivity contribution in [3.05, 3.63) is 48.0 Å². The number of nitrogens with zero attached hydrogens (tertiary/aromatic N) is 1. The number of carbonyl (C=O) groups excluding carboxylic acids is 4. The molecule has 1 aromatic rings. The number of amides is 1. The van der Waals surface area contributed by atoms with Gasteiger partial charge in [0.15, 0.2) is 12.4 Å². The van der Waals surface area contributed by atoms with Gasteiger partial charge < -0.3 is 14.4 Å². The minimum absolute atomic E-state index is 0.0637. The number of benzene rings is 1. The summed E-state index contributed by atoms with van der Waals surface area (Å²) in [7, 11) is 1.30. The summed E-state index contributed by atoms with van der Waals surface area (Å²) < 4.78 is 9.87. The predicted molar refractivity (Wildman–Crippen MR) is 112 cm³/mol. The normalized spacial score (nSPS) is 25.0. The first-order valence-electron chi connectivity index (χ1n) is 9.91. The second kappa shape index (κ2) is 9.93. The van der Waals surface area contributed by atoms with Gasteiger partial charge in [-0.05, 0) is 18.6 Å². The number of thioether (sulfide) groups is 1. The zero-order valence-electron chi connectivity index (χ0n) is 17.0. The van der Waals surface area contributed by atoms with Crippen LogP contribution in [0.25, 0.3) is 0 Å². The van der Waals surface area contributed by atoms with E-state index in [9.17, 15) is 19.2 Å². The highest BCUT2D eigenvalue weighted by molar-refractivity contribution is 7.99. The Bertz CT molecular complexity index is 839. The molecule has 2 unspecified atom stereocenters. The number of carbonyl (C=O) groups is 4. The number of methoxy groups -OCH3 is 1. The van der Waals surface area contributed by atoms with E-state index in [2.05, 4.69) is 4.74 Å². The number of Topliss-reactive ketones (excluding diaryl/α,β-unsaturated/α-hetero) is 1. The molecule has 0 aromatic heterocycles. The first-order valence-corrected chi connectivity index (χ1v) is 11.0. The maximum atomic E-state index is 12.8. The molecule has 0 spiro atoms. The van der Waals surface area contributed by atoms with Gasteiger partial charge in [-0.2, -0.15) is 11.8 Å². The molecule has 3 rings (SSSR count). The summed E-state index contributed by atoms with van der Waals surface area (Å²) in [6.45, 7) is 1.65. The van der Waals surface area contributed by atoms with Crippen LogP contribution in [-0.2, 0) is 23.9 Å². The molecule has 2 heterocycles. The maximum absolute atomic E-state index is 12.8. The van der Waals surface area contributed by atoms with Crippen molar-refractivity contribution in [3.63, 3.8) is 0 Å². The van der Waals surface area contributed by atoms with Crippen molar-refractivity contribution in [1.29, 1.82) is 0 Å². The van der Waals surface area contributed by atoms with Gasteiger partial charge in [-0.3, -0.25) is 9.59 Å². The molecule has 0 saturated carbocycles. The van der Waals surface area contributed by atoms with Crippen molar-refractivity contribution in [3.8, 4) is 0 Å². The average molecular weight is 432 g/mol. The Morgan fingerprint density at radius 3 is 2.63 bits per heavy atom. The molecule has 1 amide bonds. The van der Waals surface area contributed by atoms with Crippen molar-refractivity contribution in [2.45, 2.75) is 37.1 Å². The monoisotopic (exact) mass is 431 g/mol. The zero-order valence-corrected chi connectivity index (χ0v) is 17.8. The molecule has 8 heteroatoms. The Morgan fingerprint density at radius 1 is 1.23 bits per heavy atom. The van der Waals surface area contributed by atoms with Gasteiger partial charge in [0.05, 0.1) is 13.0 Å². The van der Waals surface area contributed by atoms with Gasteiger partial charge in [-0.15, -0.1) is 0 Å². The molecule has 1 aromatic carbocycles. The summed E-state index contributed by atoms with van der Waals surface area (Å²) in [6.07, 6.45) is 4.06. The number of allylic oxidation sites excluding steroid dienone is 1. The number of rotatable bonds is 9. The number of β-lactam (4-membered cyclic amide) rings is 1. The van der Waals surface area contributed by atoms with E-state index < -0.39 is 18.0 Å². The van der Waals surface area contributed by atoms with Crippen LogP contribution in [-0.4, -0.2) is 65.3 Å². The van der Waals surface area contributed by atoms with E-state index in [-0.39, 0.29) is 35.5 Å². The second-order valence-corrected chi connectivity index (χ2v) is 8.67. The fourth-order valence-corrected chi connectivity index (χ4v) is 5.19. The molecule has 30 heavy (non-hydrogen) atoms. The Kier molecular flexibility index (Phi) is 7.31. The summed E-state index contributed by atoms with van der Waals surface area (Å²) in [5.41, 5.74) is 0.478. The van der Waals surface area contributed by atoms with Crippen molar-refractivity contribution in [2.24, 2.45) is 5.92 Å². The van der Waals surface area contributed by atoms with Gasteiger partial charge in [-0.1, -0.05) is 43.3 Å². The number of hydrogen-bond donors (Lipinski definition) is 0. The average Bonchev–Trinajstić information content (AvgIpc) is 3.10. The van der Waals surface area contributed by atoms with Crippen molar-refractivity contribution in [2.75, 3.05) is 19.5 Å². The van der Waals surface area contributed by atoms with Crippen molar-refractivity contribution in [1.82, 2.24) is 4.90 Å². The first-order chi connectivity index (χ1) is 14.5. The number of ether oxygens (including phenoxy) is 2. The largest absolute Gasteiger partial charge is 0.466 e. The van der Waals surface area contributed by atoms with Gasteiger partial charge in [0.2, 0.25) is 5.91 Å². The van der Waals surface area contributed by atoms with E-state index in [0.717, 1.165) is 5.75 Å². The second-order valence-electron chi connectivity index (χ2n) is 7.15. The smallest absolute Gasteiger partial charge is 0.330 e. The highest BCUT2D eigenvalue weighted by Gasteiger charge is 2.59. The summed E-state index contributed by atoms with van der Waals surface area (Å²) in [5.74, 6) is -0.851. The molecule has 4 atom stereocenters. The predicted octanol–water partition coefficient (Wildman–Crippen LogP) is 2.25. The molecular formula is C22H25NO6S. The Balaban J connectivity index is 1.63. The fourth-order valence-electron chi connectivity index (χ4n) is 4.00. The van der Waals surface area contributed by atoms with Crippen LogP contribution in [0.3, 0.4) is 0 Å². The Labute approximate surface area is 179 Å². The minimum Gasteiger partial charge on any atom is -0.466 e. The molecule has 160 valence electrons. The number of ketones is 1. The molecule has 2 aliphatic rings. The topological polar surface area (TPSA) is 90.0 Å². The third kappa shape index (κ3) is 4.59. The van der Waals surface area contributed by atoms with Gasteiger partial charge in [0.1, 0.15) is 6.04 Å². The molecule has 0 radical (unpaired) electrons. The summed E-state index contributed by atoms with van der Waals surface area (Å²) >= 11 is 1.62. The van der Waals surface area contributed by atoms with Crippen molar-refractivity contribution >= 4 is 35.4 Å². The van der Waals surface area contributed by atoms with Crippen LogP contribution < -0.4 is 0 Å². The third-order valence-electron chi connectivity index (χ3n) is 5.43.